The van der Waals surface area contributed by atoms with Crippen molar-refractivity contribution in [3.05, 3.63) is 16.3 Å². The molecule has 0 aliphatic rings. The van der Waals surface area contributed by atoms with Gasteiger partial charge in [-0.25, -0.2) is 10.8 Å². The van der Waals surface area contributed by atoms with Crippen LogP contribution < -0.4 is 16.6 Å². The minimum atomic E-state index is -0.525. The molecule has 1 heterocycles. The lowest BCUT2D eigenvalue weighted by molar-refractivity contribution is -0.384. The van der Waals surface area contributed by atoms with Crippen LogP contribution in [0.25, 0.3) is 0 Å². The average molecular weight is 240 g/mol. The predicted octanol–water partition coefficient (Wildman–Crippen LogP) is 1.27. The molecule has 1 aromatic heterocycles. The molecule has 4 N–H and O–H groups in total. The summed E-state index contributed by atoms with van der Waals surface area (Å²) >= 11 is 0. The van der Waals surface area contributed by atoms with Crippen LogP contribution in [0.2, 0.25) is 0 Å². The fourth-order valence-electron chi connectivity index (χ4n) is 1.29. The van der Waals surface area contributed by atoms with E-state index in [1.807, 2.05) is 0 Å². The summed E-state index contributed by atoms with van der Waals surface area (Å²) in [5.41, 5.74) is 2.10. The number of nitrogens with one attached hydrogen (secondary N) is 2. The molecule has 0 saturated heterocycles. The maximum absolute atomic E-state index is 10.7. The third-order valence-corrected chi connectivity index (χ3v) is 2.17. The van der Waals surface area contributed by atoms with Gasteiger partial charge in [-0.1, -0.05) is 19.8 Å². The zero-order chi connectivity index (χ0) is 12.7. The van der Waals surface area contributed by atoms with Gasteiger partial charge < -0.3 is 5.32 Å². The number of nitrogens with two attached hydrogens (primary N) is 1. The van der Waals surface area contributed by atoms with E-state index in [1.165, 1.54) is 0 Å². The molecular weight excluding hydrogens is 224 g/mol. The van der Waals surface area contributed by atoms with Crippen LogP contribution in [0.3, 0.4) is 0 Å². The number of hydrogen-bond acceptors (Lipinski definition) is 7. The third kappa shape index (κ3) is 3.83. The molecule has 0 saturated carbocycles. The van der Waals surface area contributed by atoms with Gasteiger partial charge in [0.1, 0.15) is 6.20 Å². The van der Waals surface area contributed by atoms with E-state index in [-0.39, 0.29) is 17.5 Å². The molecular formula is C9H16N6O2. The van der Waals surface area contributed by atoms with Crippen LogP contribution in [-0.4, -0.2) is 21.4 Å². The van der Waals surface area contributed by atoms with Crippen molar-refractivity contribution < 1.29 is 4.92 Å². The molecule has 0 spiro atoms. The van der Waals surface area contributed by atoms with E-state index < -0.39 is 4.92 Å². The number of anilines is 2. The topological polar surface area (TPSA) is 119 Å². The Labute approximate surface area is 98.8 Å². The Bertz CT molecular complexity index is 384. The Kier molecular flexibility index (Phi) is 5.08. The zero-order valence-electron chi connectivity index (χ0n) is 9.64. The van der Waals surface area contributed by atoms with Crippen molar-refractivity contribution in [2.75, 3.05) is 17.3 Å². The van der Waals surface area contributed by atoms with Gasteiger partial charge in [0.05, 0.1) is 4.92 Å². The van der Waals surface area contributed by atoms with Crippen molar-refractivity contribution in [2.24, 2.45) is 5.84 Å². The van der Waals surface area contributed by atoms with Crippen LogP contribution >= 0.6 is 0 Å². The van der Waals surface area contributed by atoms with Gasteiger partial charge in [0.15, 0.2) is 0 Å². The van der Waals surface area contributed by atoms with Gasteiger partial charge in [-0.3, -0.25) is 15.5 Å². The number of aromatic nitrogens is 2. The van der Waals surface area contributed by atoms with Crippen molar-refractivity contribution in [1.29, 1.82) is 0 Å². The minimum Gasteiger partial charge on any atom is -0.364 e. The highest BCUT2D eigenvalue weighted by Gasteiger charge is 2.16. The molecule has 0 aliphatic carbocycles. The van der Waals surface area contributed by atoms with Crippen molar-refractivity contribution in [3.63, 3.8) is 0 Å². The number of unbranched alkanes of at least 4 members (excludes halogenated alkanes) is 2. The number of nitro groups is 1. The standard InChI is InChI=1S/C9H16N6O2/c1-2-3-4-5-11-8-7(15(16)17)6-12-9(13-8)14-10/h6H,2-5,10H2,1H3,(H2,11,12,13,14). The second-order valence-corrected chi connectivity index (χ2v) is 3.46. The summed E-state index contributed by atoms with van der Waals surface area (Å²) in [6.07, 6.45) is 4.21. The summed E-state index contributed by atoms with van der Waals surface area (Å²) in [6, 6.07) is 0. The van der Waals surface area contributed by atoms with Gasteiger partial charge in [-0.15, -0.1) is 0 Å². The van der Waals surface area contributed by atoms with E-state index in [4.69, 9.17) is 5.84 Å². The summed E-state index contributed by atoms with van der Waals surface area (Å²) in [5, 5.41) is 13.7. The largest absolute Gasteiger partial charge is 0.364 e. The first-order valence-electron chi connectivity index (χ1n) is 5.41. The summed E-state index contributed by atoms with van der Waals surface area (Å²) < 4.78 is 0. The summed E-state index contributed by atoms with van der Waals surface area (Å²) in [6.45, 7) is 2.72. The molecule has 8 nitrogen and oxygen atoms in total. The van der Waals surface area contributed by atoms with Crippen LogP contribution in [0.1, 0.15) is 26.2 Å². The maximum Gasteiger partial charge on any atom is 0.329 e. The summed E-state index contributed by atoms with van der Waals surface area (Å²) in [7, 11) is 0. The molecule has 0 amide bonds. The summed E-state index contributed by atoms with van der Waals surface area (Å²) in [5.74, 6) is 5.48. The van der Waals surface area contributed by atoms with E-state index in [0.29, 0.717) is 6.54 Å². The highest BCUT2D eigenvalue weighted by atomic mass is 16.6. The van der Waals surface area contributed by atoms with Crippen LogP contribution in [0.15, 0.2) is 6.20 Å². The fraction of sp³-hybridized carbons (Fsp3) is 0.556. The molecule has 17 heavy (non-hydrogen) atoms. The molecule has 0 fully saturated rings. The molecule has 1 aromatic rings. The lowest BCUT2D eigenvalue weighted by atomic mass is 10.2. The smallest absolute Gasteiger partial charge is 0.329 e. The minimum absolute atomic E-state index is 0.147. The number of nitrogen functional groups attached to an aromatic ring is 1. The first-order chi connectivity index (χ1) is 8.19. The molecule has 94 valence electrons. The lowest BCUT2D eigenvalue weighted by Crippen LogP contribution is -2.13. The molecule has 0 radical (unpaired) electrons. The molecule has 0 bridgehead atoms. The second kappa shape index (κ2) is 6.59. The monoisotopic (exact) mass is 240 g/mol. The predicted molar refractivity (Wildman–Crippen MR) is 64.5 cm³/mol. The highest BCUT2D eigenvalue weighted by Crippen LogP contribution is 2.21. The summed E-state index contributed by atoms with van der Waals surface area (Å²) in [4.78, 5) is 17.8. The first kappa shape index (κ1) is 13.1. The Balaban J connectivity index is 2.75. The maximum atomic E-state index is 10.7. The highest BCUT2D eigenvalue weighted by molar-refractivity contribution is 5.56. The number of hydrazine groups is 1. The lowest BCUT2D eigenvalue weighted by Gasteiger charge is -2.06. The molecule has 0 aliphatic heterocycles. The zero-order valence-corrected chi connectivity index (χ0v) is 9.64. The van der Waals surface area contributed by atoms with E-state index in [9.17, 15) is 10.1 Å². The Morgan fingerprint density at radius 3 is 2.88 bits per heavy atom. The molecule has 0 unspecified atom stereocenters. The quantitative estimate of drug-likeness (QED) is 0.284. The van der Waals surface area contributed by atoms with E-state index in [1.54, 1.807) is 0 Å². The molecule has 1 rings (SSSR count). The van der Waals surface area contributed by atoms with Gasteiger partial charge in [-0.2, -0.15) is 4.98 Å². The van der Waals surface area contributed by atoms with Gasteiger partial charge in [0, 0.05) is 6.54 Å². The molecule has 0 aromatic carbocycles. The number of nitrogens with zero attached hydrogens (tertiary/aromatic N) is 3. The van der Waals surface area contributed by atoms with E-state index in [0.717, 1.165) is 25.5 Å². The SMILES string of the molecule is CCCCCNc1nc(NN)ncc1[N+](=O)[O-]. The number of rotatable bonds is 7. The Morgan fingerprint density at radius 2 is 2.29 bits per heavy atom. The van der Waals surface area contributed by atoms with E-state index >= 15 is 0 Å². The van der Waals surface area contributed by atoms with Gasteiger partial charge in [0.2, 0.25) is 11.8 Å². The van der Waals surface area contributed by atoms with Crippen LogP contribution in [0.4, 0.5) is 17.5 Å². The second-order valence-electron chi connectivity index (χ2n) is 3.46. The Hall–Kier alpha value is -1.96. The third-order valence-electron chi connectivity index (χ3n) is 2.17. The van der Waals surface area contributed by atoms with Crippen LogP contribution in [0.5, 0.6) is 0 Å². The molecule has 0 atom stereocenters. The first-order valence-corrected chi connectivity index (χ1v) is 5.41. The van der Waals surface area contributed by atoms with Gasteiger partial charge in [0.25, 0.3) is 0 Å². The van der Waals surface area contributed by atoms with Crippen molar-refractivity contribution in [1.82, 2.24) is 9.97 Å². The molecule has 8 heteroatoms. The van der Waals surface area contributed by atoms with E-state index in [2.05, 4.69) is 27.6 Å². The van der Waals surface area contributed by atoms with Crippen molar-refractivity contribution >= 4 is 17.5 Å². The average Bonchev–Trinajstić information content (AvgIpc) is 2.34. The van der Waals surface area contributed by atoms with Gasteiger partial charge in [-0.05, 0) is 6.42 Å². The number of hydrogen-bond donors (Lipinski definition) is 3. The Morgan fingerprint density at radius 1 is 1.53 bits per heavy atom. The normalized spacial score (nSPS) is 10.0. The van der Waals surface area contributed by atoms with Crippen LogP contribution in [-0.2, 0) is 0 Å². The van der Waals surface area contributed by atoms with Crippen molar-refractivity contribution in [3.8, 4) is 0 Å². The van der Waals surface area contributed by atoms with Gasteiger partial charge >= 0.3 is 5.69 Å². The fourth-order valence-corrected chi connectivity index (χ4v) is 1.29. The van der Waals surface area contributed by atoms with Crippen molar-refractivity contribution in [2.45, 2.75) is 26.2 Å². The van der Waals surface area contributed by atoms with Crippen LogP contribution in [0, 0.1) is 10.1 Å².